The summed E-state index contributed by atoms with van der Waals surface area (Å²) in [5, 5.41) is 13.7. The molecule has 1 aromatic rings. The number of nitro groups is 1. The molecule has 0 aromatic heterocycles. The predicted octanol–water partition coefficient (Wildman–Crippen LogP) is 0.666. The van der Waals surface area contributed by atoms with Gasteiger partial charge in [0, 0.05) is 18.7 Å². The third-order valence-electron chi connectivity index (χ3n) is 2.63. The van der Waals surface area contributed by atoms with Crippen LogP contribution in [0.25, 0.3) is 0 Å². The second-order valence-corrected chi connectivity index (χ2v) is 6.28. The first kappa shape index (κ1) is 16.5. The first-order valence-corrected chi connectivity index (χ1v) is 8.16. The molecule has 8 heteroatoms. The molecule has 0 unspecified atom stereocenters. The zero-order valence-corrected chi connectivity index (χ0v) is 12.1. The van der Waals surface area contributed by atoms with Crippen molar-refractivity contribution in [1.29, 1.82) is 0 Å². The number of nitrogens with one attached hydrogen (secondary N) is 2. The molecule has 0 fully saturated rings. The highest BCUT2D eigenvalue weighted by molar-refractivity contribution is 7.88. The Morgan fingerprint density at radius 3 is 2.35 bits per heavy atom. The topological polar surface area (TPSA) is 101 Å². The Kier molecular flexibility index (Phi) is 6.56. The first-order valence-electron chi connectivity index (χ1n) is 6.27. The minimum Gasteiger partial charge on any atom is -0.316 e. The van der Waals surface area contributed by atoms with E-state index in [0.29, 0.717) is 13.0 Å². The molecule has 7 nitrogen and oxygen atoms in total. The predicted molar refractivity (Wildman–Crippen MR) is 77.1 cm³/mol. The maximum atomic E-state index is 10.8. The highest BCUT2D eigenvalue weighted by Gasteiger charge is 2.03. The molecule has 0 radical (unpaired) electrons. The lowest BCUT2D eigenvalue weighted by Crippen LogP contribution is -2.27. The van der Waals surface area contributed by atoms with Crippen LogP contribution in [0.3, 0.4) is 0 Å². The Morgan fingerprint density at radius 1 is 1.15 bits per heavy atom. The fourth-order valence-corrected chi connectivity index (χ4v) is 2.13. The summed E-state index contributed by atoms with van der Waals surface area (Å²) in [5.41, 5.74) is 1.12. The fraction of sp³-hybridized carbons (Fsp3) is 0.500. The largest absolute Gasteiger partial charge is 0.316 e. The van der Waals surface area contributed by atoms with Crippen LogP contribution in [0.4, 0.5) is 5.69 Å². The Morgan fingerprint density at radius 2 is 1.80 bits per heavy atom. The van der Waals surface area contributed by atoms with Crippen LogP contribution >= 0.6 is 0 Å². The molecular formula is C12H19N3O4S. The van der Waals surface area contributed by atoms with Crippen LogP contribution in [0.1, 0.15) is 12.0 Å². The molecule has 0 saturated carbocycles. The monoisotopic (exact) mass is 301 g/mol. The van der Waals surface area contributed by atoms with E-state index >= 15 is 0 Å². The molecule has 112 valence electrons. The zero-order chi connectivity index (χ0) is 15.0. The Balaban J connectivity index is 2.14. The summed E-state index contributed by atoms with van der Waals surface area (Å²) in [7, 11) is -3.10. The number of sulfonamides is 1. The molecule has 0 atom stereocenters. The summed E-state index contributed by atoms with van der Waals surface area (Å²) in [6.45, 7) is 1.88. The van der Waals surface area contributed by atoms with Gasteiger partial charge in [-0.1, -0.05) is 12.1 Å². The van der Waals surface area contributed by atoms with Gasteiger partial charge in [-0.25, -0.2) is 13.1 Å². The number of rotatable bonds is 9. The van der Waals surface area contributed by atoms with Crippen LogP contribution in [0, 0.1) is 10.1 Å². The number of hydrogen-bond donors (Lipinski definition) is 2. The highest BCUT2D eigenvalue weighted by atomic mass is 32.2. The molecule has 1 rings (SSSR count). The minimum atomic E-state index is -3.10. The normalized spacial score (nSPS) is 11.4. The number of nitrogens with zero attached hydrogens (tertiary/aromatic N) is 1. The van der Waals surface area contributed by atoms with Crippen molar-refractivity contribution in [3.8, 4) is 0 Å². The molecule has 0 aliphatic heterocycles. The lowest BCUT2D eigenvalue weighted by molar-refractivity contribution is -0.384. The average molecular weight is 301 g/mol. The molecule has 20 heavy (non-hydrogen) atoms. The molecular weight excluding hydrogens is 282 g/mol. The summed E-state index contributed by atoms with van der Waals surface area (Å²) in [5.74, 6) is 0. The molecule has 2 N–H and O–H groups in total. The molecule has 1 aromatic carbocycles. The molecule has 0 spiro atoms. The molecule has 0 aliphatic rings. The Hall–Kier alpha value is -1.51. The number of hydrogen-bond acceptors (Lipinski definition) is 5. The van der Waals surface area contributed by atoms with Crippen molar-refractivity contribution in [1.82, 2.24) is 10.0 Å². The Labute approximate surface area is 118 Å². The van der Waals surface area contributed by atoms with Crippen LogP contribution in [0.2, 0.25) is 0 Å². The highest BCUT2D eigenvalue weighted by Crippen LogP contribution is 2.11. The third-order valence-corrected chi connectivity index (χ3v) is 3.36. The van der Waals surface area contributed by atoms with Gasteiger partial charge in [-0.2, -0.15) is 0 Å². The van der Waals surface area contributed by atoms with Crippen molar-refractivity contribution in [2.75, 3.05) is 25.9 Å². The van der Waals surface area contributed by atoms with Crippen molar-refractivity contribution in [3.05, 3.63) is 39.9 Å². The SMILES string of the molecule is CS(=O)(=O)NCCCNCCc1ccc([N+](=O)[O-])cc1. The van der Waals surface area contributed by atoms with E-state index in [2.05, 4.69) is 10.0 Å². The number of benzene rings is 1. The minimum absolute atomic E-state index is 0.0913. The van der Waals surface area contributed by atoms with Crippen LogP contribution in [0.15, 0.2) is 24.3 Å². The molecule has 0 amide bonds. The van der Waals surface area contributed by atoms with Crippen LogP contribution in [0.5, 0.6) is 0 Å². The van der Waals surface area contributed by atoms with Gasteiger partial charge in [-0.15, -0.1) is 0 Å². The zero-order valence-electron chi connectivity index (χ0n) is 11.3. The van der Waals surface area contributed by atoms with E-state index in [-0.39, 0.29) is 5.69 Å². The molecule has 0 heterocycles. The summed E-state index contributed by atoms with van der Waals surface area (Å²) in [4.78, 5) is 10.1. The van der Waals surface area contributed by atoms with E-state index in [4.69, 9.17) is 0 Å². The van der Waals surface area contributed by atoms with Gasteiger partial charge in [-0.3, -0.25) is 10.1 Å². The van der Waals surface area contributed by atoms with Gasteiger partial charge >= 0.3 is 0 Å². The summed E-state index contributed by atoms with van der Waals surface area (Å²) in [6, 6.07) is 6.47. The van der Waals surface area contributed by atoms with Gasteiger partial charge in [0.15, 0.2) is 0 Å². The first-order chi connectivity index (χ1) is 9.38. The fourth-order valence-electron chi connectivity index (χ4n) is 1.61. The van der Waals surface area contributed by atoms with Crippen molar-refractivity contribution in [2.45, 2.75) is 12.8 Å². The maximum absolute atomic E-state index is 10.8. The van der Waals surface area contributed by atoms with Gasteiger partial charge in [0.25, 0.3) is 5.69 Å². The lowest BCUT2D eigenvalue weighted by Gasteiger charge is -2.05. The molecule has 0 aliphatic carbocycles. The summed E-state index contributed by atoms with van der Waals surface area (Å²) >= 11 is 0. The smallest absolute Gasteiger partial charge is 0.269 e. The maximum Gasteiger partial charge on any atom is 0.269 e. The van der Waals surface area contributed by atoms with E-state index in [1.54, 1.807) is 12.1 Å². The summed E-state index contributed by atoms with van der Waals surface area (Å²) < 4.78 is 24.0. The van der Waals surface area contributed by atoms with Crippen LogP contribution < -0.4 is 10.0 Å². The van der Waals surface area contributed by atoms with Gasteiger partial charge < -0.3 is 5.32 Å². The third kappa shape index (κ3) is 7.17. The van der Waals surface area contributed by atoms with E-state index in [1.807, 2.05) is 0 Å². The van der Waals surface area contributed by atoms with Crippen molar-refractivity contribution >= 4 is 15.7 Å². The Bertz CT molecular complexity index is 528. The van der Waals surface area contributed by atoms with Gasteiger partial charge in [-0.05, 0) is 31.5 Å². The van der Waals surface area contributed by atoms with Crippen LogP contribution in [-0.2, 0) is 16.4 Å². The standard InChI is InChI=1S/C12H19N3O4S/c1-20(18,19)14-9-2-8-13-10-7-11-3-5-12(6-4-11)15(16)17/h3-6,13-14H,2,7-10H2,1H3. The van der Waals surface area contributed by atoms with Crippen molar-refractivity contribution in [3.63, 3.8) is 0 Å². The average Bonchev–Trinajstić information content (AvgIpc) is 2.37. The summed E-state index contributed by atoms with van der Waals surface area (Å²) in [6.07, 6.45) is 2.62. The molecule has 0 bridgehead atoms. The second kappa shape index (κ2) is 7.93. The lowest BCUT2D eigenvalue weighted by atomic mass is 10.1. The molecule has 0 saturated heterocycles. The van der Waals surface area contributed by atoms with E-state index < -0.39 is 14.9 Å². The number of nitro benzene ring substituents is 1. The van der Waals surface area contributed by atoms with Crippen LogP contribution in [-0.4, -0.2) is 39.2 Å². The van der Waals surface area contributed by atoms with Crippen molar-refractivity contribution in [2.24, 2.45) is 0 Å². The quantitative estimate of drug-likeness (QED) is 0.396. The van der Waals surface area contributed by atoms with E-state index in [9.17, 15) is 18.5 Å². The van der Waals surface area contributed by atoms with Gasteiger partial charge in [0.05, 0.1) is 11.2 Å². The second-order valence-electron chi connectivity index (χ2n) is 4.44. The van der Waals surface area contributed by atoms with Gasteiger partial charge in [0.2, 0.25) is 10.0 Å². The van der Waals surface area contributed by atoms with Gasteiger partial charge in [0.1, 0.15) is 0 Å². The van der Waals surface area contributed by atoms with E-state index in [1.165, 1.54) is 12.1 Å². The number of non-ortho nitro benzene ring substituents is 1. The van der Waals surface area contributed by atoms with Crippen molar-refractivity contribution < 1.29 is 13.3 Å². The van der Waals surface area contributed by atoms with E-state index in [0.717, 1.165) is 31.3 Å².